The Kier molecular flexibility index (Phi) is 7.53. The molecule has 0 amide bonds. The van der Waals surface area contributed by atoms with Crippen LogP contribution in [-0.2, 0) is 0 Å². The summed E-state index contributed by atoms with van der Waals surface area (Å²) in [5.74, 6) is -0.419. The standard InChI is InChI=1S/C13H18FN3.ClH/c1-3-17(8-7-15)10(2)12-6-4-5-11(9-16)13(12)14;/h4-6,10H,3,7-8,15H2,1-2H3;1H. The number of halogens is 2. The van der Waals surface area contributed by atoms with E-state index in [1.807, 2.05) is 19.9 Å². The quantitative estimate of drug-likeness (QED) is 0.895. The lowest BCUT2D eigenvalue weighted by atomic mass is 10.0. The third-order valence-electron chi connectivity index (χ3n) is 2.97. The predicted octanol–water partition coefficient (Wildman–Crippen LogP) is 2.46. The Morgan fingerprint density at radius 1 is 1.50 bits per heavy atom. The molecule has 1 rings (SSSR count). The fourth-order valence-electron chi connectivity index (χ4n) is 1.95. The van der Waals surface area contributed by atoms with E-state index in [9.17, 15) is 4.39 Å². The topological polar surface area (TPSA) is 53.0 Å². The first-order valence-corrected chi connectivity index (χ1v) is 5.78. The Hall–Kier alpha value is -1.15. The van der Waals surface area contributed by atoms with Crippen molar-refractivity contribution in [1.29, 1.82) is 5.26 Å². The van der Waals surface area contributed by atoms with Crippen LogP contribution in [0.25, 0.3) is 0 Å². The summed E-state index contributed by atoms with van der Waals surface area (Å²) in [5.41, 5.74) is 6.18. The fraction of sp³-hybridized carbons (Fsp3) is 0.462. The molecule has 3 nitrogen and oxygen atoms in total. The van der Waals surface area contributed by atoms with Crippen LogP contribution in [0.2, 0.25) is 0 Å². The van der Waals surface area contributed by atoms with Gasteiger partial charge in [0, 0.05) is 24.7 Å². The highest BCUT2D eigenvalue weighted by atomic mass is 35.5. The number of likely N-dealkylation sites (N-methyl/N-ethyl adjacent to an activating group) is 1. The minimum atomic E-state index is -0.419. The number of rotatable bonds is 5. The van der Waals surface area contributed by atoms with Crippen LogP contribution in [0.4, 0.5) is 4.39 Å². The Labute approximate surface area is 114 Å². The molecule has 1 aromatic rings. The number of nitrogens with two attached hydrogens (primary N) is 1. The first-order valence-electron chi connectivity index (χ1n) is 5.78. The maximum atomic E-state index is 14.0. The van der Waals surface area contributed by atoms with E-state index >= 15 is 0 Å². The van der Waals surface area contributed by atoms with Crippen molar-refractivity contribution in [3.05, 3.63) is 35.1 Å². The molecule has 0 aromatic heterocycles. The summed E-state index contributed by atoms with van der Waals surface area (Å²) in [6.45, 7) is 6.00. The number of nitriles is 1. The second-order valence-electron chi connectivity index (χ2n) is 3.91. The minimum absolute atomic E-state index is 0. The van der Waals surface area contributed by atoms with Crippen LogP contribution in [0.3, 0.4) is 0 Å². The van der Waals surface area contributed by atoms with Gasteiger partial charge in [0.05, 0.1) is 5.56 Å². The summed E-state index contributed by atoms with van der Waals surface area (Å²) in [5, 5.41) is 8.80. The smallest absolute Gasteiger partial charge is 0.145 e. The lowest BCUT2D eigenvalue weighted by Crippen LogP contribution is -2.32. The molecule has 0 aliphatic carbocycles. The van der Waals surface area contributed by atoms with Gasteiger partial charge in [0.1, 0.15) is 11.9 Å². The Morgan fingerprint density at radius 2 is 2.17 bits per heavy atom. The van der Waals surface area contributed by atoms with Gasteiger partial charge in [0.25, 0.3) is 0 Å². The van der Waals surface area contributed by atoms with E-state index in [1.165, 1.54) is 6.07 Å². The highest BCUT2D eigenvalue weighted by Crippen LogP contribution is 2.24. The predicted molar refractivity (Wildman–Crippen MR) is 73.1 cm³/mol. The minimum Gasteiger partial charge on any atom is -0.329 e. The first-order chi connectivity index (χ1) is 8.15. The van der Waals surface area contributed by atoms with Gasteiger partial charge in [-0.1, -0.05) is 19.1 Å². The SMILES string of the molecule is CCN(CCN)C(C)c1cccc(C#N)c1F.Cl. The second-order valence-corrected chi connectivity index (χ2v) is 3.91. The molecule has 100 valence electrons. The summed E-state index contributed by atoms with van der Waals surface area (Å²) in [7, 11) is 0. The molecule has 1 atom stereocenters. The van der Waals surface area contributed by atoms with Crippen molar-refractivity contribution in [1.82, 2.24) is 4.90 Å². The first kappa shape index (κ1) is 16.9. The van der Waals surface area contributed by atoms with Crippen LogP contribution >= 0.6 is 12.4 Å². The molecular formula is C13H19ClFN3. The van der Waals surface area contributed by atoms with E-state index in [2.05, 4.69) is 4.90 Å². The van der Waals surface area contributed by atoms with Gasteiger partial charge < -0.3 is 5.73 Å². The van der Waals surface area contributed by atoms with Gasteiger partial charge in [-0.2, -0.15) is 5.26 Å². The van der Waals surface area contributed by atoms with Crippen molar-refractivity contribution < 1.29 is 4.39 Å². The normalized spacial score (nSPS) is 11.8. The maximum Gasteiger partial charge on any atom is 0.145 e. The summed E-state index contributed by atoms with van der Waals surface area (Å²) in [6, 6.07) is 6.71. The molecule has 0 bridgehead atoms. The Balaban J connectivity index is 0.00000289. The van der Waals surface area contributed by atoms with Crippen molar-refractivity contribution >= 4 is 12.4 Å². The number of benzene rings is 1. The molecule has 0 heterocycles. The van der Waals surface area contributed by atoms with E-state index in [0.717, 1.165) is 6.54 Å². The van der Waals surface area contributed by atoms with Gasteiger partial charge in [-0.3, -0.25) is 4.90 Å². The van der Waals surface area contributed by atoms with Crippen molar-refractivity contribution in [2.24, 2.45) is 5.73 Å². The van der Waals surface area contributed by atoms with Gasteiger partial charge >= 0.3 is 0 Å². The van der Waals surface area contributed by atoms with Gasteiger partial charge in [0.2, 0.25) is 0 Å². The van der Waals surface area contributed by atoms with E-state index in [0.29, 0.717) is 18.7 Å². The van der Waals surface area contributed by atoms with Gasteiger partial charge in [0.15, 0.2) is 0 Å². The molecule has 0 aliphatic heterocycles. The summed E-state index contributed by atoms with van der Waals surface area (Å²) >= 11 is 0. The molecule has 0 saturated heterocycles. The molecule has 0 spiro atoms. The zero-order valence-corrected chi connectivity index (χ0v) is 11.5. The van der Waals surface area contributed by atoms with Crippen molar-refractivity contribution in [3.8, 4) is 6.07 Å². The lowest BCUT2D eigenvalue weighted by molar-refractivity contribution is 0.224. The van der Waals surface area contributed by atoms with Crippen molar-refractivity contribution in [3.63, 3.8) is 0 Å². The summed E-state index contributed by atoms with van der Waals surface area (Å²) in [4.78, 5) is 2.08. The molecular weight excluding hydrogens is 253 g/mol. The molecule has 0 radical (unpaired) electrons. The molecule has 1 aromatic carbocycles. The Morgan fingerprint density at radius 3 is 2.67 bits per heavy atom. The third kappa shape index (κ3) is 3.67. The molecule has 0 fully saturated rings. The Bertz CT molecular complexity index is 417. The second kappa shape index (κ2) is 8.04. The highest BCUT2D eigenvalue weighted by Gasteiger charge is 2.18. The molecule has 18 heavy (non-hydrogen) atoms. The average molecular weight is 272 g/mol. The maximum absolute atomic E-state index is 14.0. The van der Waals surface area contributed by atoms with Crippen LogP contribution in [0.15, 0.2) is 18.2 Å². The van der Waals surface area contributed by atoms with Crippen molar-refractivity contribution in [2.75, 3.05) is 19.6 Å². The monoisotopic (exact) mass is 271 g/mol. The third-order valence-corrected chi connectivity index (χ3v) is 2.97. The van der Waals surface area contributed by atoms with Gasteiger partial charge in [-0.25, -0.2) is 4.39 Å². The zero-order valence-electron chi connectivity index (χ0n) is 10.7. The number of nitrogens with zero attached hydrogens (tertiary/aromatic N) is 2. The fourth-order valence-corrected chi connectivity index (χ4v) is 1.95. The average Bonchev–Trinajstić information content (AvgIpc) is 2.35. The highest BCUT2D eigenvalue weighted by molar-refractivity contribution is 5.85. The van der Waals surface area contributed by atoms with E-state index < -0.39 is 5.82 Å². The van der Waals surface area contributed by atoms with E-state index in [1.54, 1.807) is 12.1 Å². The molecule has 0 aliphatic rings. The van der Waals surface area contributed by atoms with E-state index in [-0.39, 0.29) is 24.0 Å². The van der Waals surface area contributed by atoms with Crippen LogP contribution in [0.1, 0.15) is 31.0 Å². The molecule has 2 N–H and O–H groups in total. The lowest BCUT2D eigenvalue weighted by Gasteiger charge is -2.28. The number of hydrogen-bond acceptors (Lipinski definition) is 3. The molecule has 5 heteroatoms. The van der Waals surface area contributed by atoms with Crippen LogP contribution in [0.5, 0.6) is 0 Å². The summed E-state index contributed by atoms with van der Waals surface area (Å²) < 4.78 is 14.0. The van der Waals surface area contributed by atoms with Crippen LogP contribution in [0, 0.1) is 17.1 Å². The molecule has 1 unspecified atom stereocenters. The zero-order chi connectivity index (χ0) is 12.8. The number of hydrogen-bond donors (Lipinski definition) is 1. The van der Waals surface area contributed by atoms with Gasteiger partial charge in [-0.05, 0) is 19.5 Å². The van der Waals surface area contributed by atoms with Crippen LogP contribution in [-0.4, -0.2) is 24.5 Å². The van der Waals surface area contributed by atoms with Crippen molar-refractivity contribution in [2.45, 2.75) is 19.9 Å². The largest absolute Gasteiger partial charge is 0.329 e. The summed E-state index contributed by atoms with van der Waals surface area (Å²) in [6.07, 6.45) is 0. The van der Waals surface area contributed by atoms with Crippen LogP contribution < -0.4 is 5.73 Å². The van der Waals surface area contributed by atoms with Gasteiger partial charge in [-0.15, -0.1) is 12.4 Å². The van der Waals surface area contributed by atoms with E-state index in [4.69, 9.17) is 11.0 Å². The molecule has 0 saturated carbocycles.